The van der Waals surface area contributed by atoms with Gasteiger partial charge in [-0.2, -0.15) is 0 Å². The molecule has 5 nitrogen and oxygen atoms in total. The lowest BCUT2D eigenvalue weighted by Gasteiger charge is -2.13. The lowest BCUT2D eigenvalue weighted by atomic mass is 9.98. The normalized spacial score (nSPS) is 11.3. The van der Waals surface area contributed by atoms with Crippen molar-refractivity contribution < 1.29 is 19.0 Å². The summed E-state index contributed by atoms with van der Waals surface area (Å²) >= 11 is 0. The van der Waals surface area contributed by atoms with Crippen molar-refractivity contribution in [3.63, 3.8) is 0 Å². The molecule has 1 heterocycles. The summed E-state index contributed by atoms with van der Waals surface area (Å²) in [4.78, 5) is 12.5. The van der Waals surface area contributed by atoms with E-state index >= 15 is 0 Å². The fraction of sp³-hybridized carbons (Fsp3) is 0.278. The zero-order chi connectivity index (χ0) is 16.7. The Balaban J connectivity index is 2.44. The summed E-state index contributed by atoms with van der Waals surface area (Å²) in [7, 11) is 1.54. The molecule has 120 valence electrons. The summed E-state index contributed by atoms with van der Waals surface area (Å²) in [5.41, 5.74) is 2.09. The topological polar surface area (TPSA) is 68.9 Å². The van der Waals surface area contributed by atoms with Crippen molar-refractivity contribution in [2.24, 2.45) is 0 Å². The van der Waals surface area contributed by atoms with Crippen molar-refractivity contribution in [1.29, 1.82) is 0 Å². The number of methoxy groups -OCH3 is 1. The predicted molar refractivity (Wildman–Crippen MR) is 88.4 cm³/mol. The molecule has 0 atom stereocenters. The summed E-state index contributed by atoms with van der Waals surface area (Å²) in [5.74, 6) is 0.702. The van der Waals surface area contributed by atoms with Gasteiger partial charge in [0.1, 0.15) is 17.1 Å². The van der Waals surface area contributed by atoms with Crippen LogP contribution in [0, 0.1) is 20.8 Å². The van der Waals surface area contributed by atoms with E-state index in [4.69, 9.17) is 13.9 Å². The Labute approximate surface area is 133 Å². The molecular weight excluding hydrogens is 296 g/mol. The van der Waals surface area contributed by atoms with Crippen molar-refractivity contribution in [1.82, 2.24) is 0 Å². The van der Waals surface area contributed by atoms with Crippen LogP contribution in [0.25, 0.3) is 21.7 Å². The van der Waals surface area contributed by atoms with E-state index in [2.05, 4.69) is 0 Å². The molecule has 0 aliphatic rings. The molecule has 0 aliphatic carbocycles. The third kappa shape index (κ3) is 2.33. The molecule has 0 unspecified atom stereocenters. The molecule has 0 spiro atoms. The second-order valence-electron chi connectivity index (χ2n) is 5.59. The van der Waals surface area contributed by atoms with Gasteiger partial charge >= 0.3 is 5.63 Å². The molecule has 3 rings (SSSR count). The lowest BCUT2D eigenvalue weighted by molar-refractivity contribution is 0.0507. The van der Waals surface area contributed by atoms with E-state index in [1.807, 2.05) is 26.0 Å². The SMILES string of the molecule is COCOc1ccc2c(c1C)c(=O)oc1c(C)c(O)cc(C)c12. The van der Waals surface area contributed by atoms with E-state index in [1.165, 1.54) is 7.11 Å². The molecule has 0 saturated heterocycles. The molecule has 0 saturated carbocycles. The van der Waals surface area contributed by atoms with Gasteiger partial charge < -0.3 is 19.0 Å². The van der Waals surface area contributed by atoms with Crippen LogP contribution in [-0.2, 0) is 4.74 Å². The number of phenols is 1. The first kappa shape index (κ1) is 15.4. The van der Waals surface area contributed by atoms with Gasteiger partial charge in [0.25, 0.3) is 0 Å². The van der Waals surface area contributed by atoms with Crippen molar-refractivity contribution in [3.8, 4) is 11.5 Å². The smallest absolute Gasteiger partial charge is 0.344 e. The Hall–Kier alpha value is -2.53. The van der Waals surface area contributed by atoms with Crippen LogP contribution < -0.4 is 10.4 Å². The number of rotatable bonds is 3. The maximum absolute atomic E-state index is 12.5. The summed E-state index contributed by atoms with van der Waals surface area (Å²) in [5, 5.41) is 12.1. The number of phenolic OH excluding ortho intramolecular Hbond substituents is 1. The molecule has 0 fully saturated rings. The number of hydrogen-bond acceptors (Lipinski definition) is 5. The first-order valence-electron chi connectivity index (χ1n) is 7.26. The van der Waals surface area contributed by atoms with E-state index in [1.54, 1.807) is 13.0 Å². The van der Waals surface area contributed by atoms with Gasteiger partial charge in [-0.15, -0.1) is 0 Å². The molecule has 0 amide bonds. The summed E-state index contributed by atoms with van der Waals surface area (Å²) in [6.45, 7) is 5.54. The maximum atomic E-state index is 12.5. The monoisotopic (exact) mass is 314 g/mol. The molecule has 0 aliphatic heterocycles. The van der Waals surface area contributed by atoms with Crippen molar-refractivity contribution >= 4 is 21.7 Å². The van der Waals surface area contributed by atoms with E-state index in [0.29, 0.717) is 27.8 Å². The fourth-order valence-electron chi connectivity index (χ4n) is 2.92. The van der Waals surface area contributed by atoms with E-state index in [9.17, 15) is 9.90 Å². The number of benzene rings is 2. The Morgan fingerprint density at radius 1 is 1.13 bits per heavy atom. The number of ether oxygens (including phenoxy) is 2. The van der Waals surface area contributed by atoms with Crippen LogP contribution in [0.1, 0.15) is 16.7 Å². The summed E-state index contributed by atoms with van der Waals surface area (Å²) in [6.07, 6.45) is 0. The molecule has 1 aromatic heterocycles. The molecule has 3 aromatic rings. The number of fused-ring (bicyclic) bond motifs is 3. The zero-order valence-electron chi connectivity index (χ0n) is 13.5. The van der Waals surface area contributed by atoms with Gasteiger partial charge in [-0.25, -0.2) is 4.79 Å². The average molecular weight is 314 g/mol. The highest BCUT2D eigenvalue weighted by molar-refractivity contribution is 6.08. The Morgan fingerprint density at radius 2 is 1.87 bits per heavy atom. The second kappa shape index (κ2) is 5.59. The molecule has 23 heavy (non-hydrogen) atoms. The minimum Gasteiger partial charge on any atom is -0.508 e. The van der Waals surface area contributed by atoms with Gasteiger partial charge in [-0.1, -0.05) is 0 Å². The lowest BCUT2D eigenvalue weighted by Crippen LogP contribution is -2.06. The van der Waals surface area contributed by atoms with E-state index < -0.39 is 5.63 Å². The van der Waals surface area contributed by atoms with E-state index in [0.717, 1.165) is 16.3 Å². The molecule has 0 radical (unpaired) electrons. The average Bonchev–Trinajstić information content (AvgIpc) is 2.51. The highest BCUT2D eigenvalue weighted by atomic mass is 16.7. The van der Waals surface area contributed by atoms with Crippen molar-refractivity contribution in [3.05, 3.63) is 45.3 Å². The van der Waals surface area contributed by atoms with Crippen LogP contribution >= 0.6 is 0 Å². The van der Waals surface area contributed by atoms with Gasteiger partial charge in [0.05, 0.1) is 5.39 Å². The number of aryl methyl sites for hydroxylation is 3. The fourth-order valence-corrected chi connectivity index (χ4v) is 2.92. The Kier molecular flexibility index (Phi) is 3.74. The summed E-state index contributed by atoms with van der Waals surface area (Å²) in [6, 6.07) is 5.34. The minimum atomic E-state index is -0.444. The van der Waals surface area contributed by atoms with Crippen LogP contribution in [0.3, 0.4) is 0 Å². The second-order valence-corrected chi connectivity index (χ2v) is 5.59. The Morgan fingerprint density at radius 3 is 2.57 bits per heavy atom. The largest absolute Gasteiger partial charge is 0.508 e. The van der Waals surface area contributed by atoms with Gasteiger partial charge in [0, 0.05) is 29.0 Å². The maximum Gasteiger partial charge on any atom is 0.344 e. The van der Waals surface area contributed by atoms with Gasteiger partial charge in [-0.05, 0) is 44.5 Å². The molecular formula is C18H18O5. The first-order valence-corrected chi connectivity index (χ1v) is 7.26. The minimum absolute atomic E-state index is 0.108. The van der Waals surface area contributed by atoms with Gasteiger partial charge in [0.2, 0.25) is 0 Å². The third-order valence-corrected chi connectivity index (χ3v) is 4.12. The van der Waals surface area contributed by atoms with Crippen LogP contribution in [0.4, 0.5) is 0 Å². The van der Waals surface area contributed by atoms with Crippen molar-refractivity contribution in [2.75, 3.05) is 13.9 Å². The standard InChI is InChI=1S/C18H18O5/c1-9-7-13(19)10(2)17-15(9)12-5-6-14(22-8-21-4)11(3)16(12)18(20)23-17/h5-7,19H,8H2,1-4H3. The third-order valence-electron chi connectivity index (χ3n) is 4.12. The zero-order valence-corrected chi connectivity index (χ0v) is 13.5. The van der Waals surface area contributed by atoms with Crippen LogP contribution in [0.15, 0.2) is 27.4 Å². The highest BCUT2D eigenvalue weighted by Gasteiger charge is 2.17. The number of aromatic hydroxyl groups is 1. The van der Waals surface area contributed by atoms with Gasteiger partial charge in [-0.3, -0.25) is 0 Å². The molecule has 1 N–H and O–H groups in total. The number of hydrogen-bond donors (Lipinski definition) is 1. The van der Waals surface area contributed by atoms with Crippen LogP contribution in [-0.4, -0.2) is 19.0 Å². The van der Waals surface area contributed by atoms with Crippen LogP contribution in [0.2, 0.25) is 0 Å². The Bertz CT molecular complexity index is 969. The van der Waals surface area contributed by atoms with Crippen LogP contribution in [0.5, 0.6) is 11.5 Å². The molecule has 0 bridgehead atoms. The molecule has 2 aromatic carbocycles. The van der Waals surface area contributed by atoms with E-state index in [-0.39, 0.29) is 12.5 Å². The quantitative estimate of drug-likeness (QED) is 0.455. The van der Waals surface area contributed by atoms with Crippen molar-refractivity contribution in [2.45, 2.75) is 20.8 Å². The summed E-state index contributed by atoms with van der Waals surface area (Å²) < 4.78 is 15.9. The predicted octanol–water partition coefficient (Wildman–Crippen LogP) is 3.56. The van der Waals surface area contributed by atoms with Gasteiger partial charge in [0.15, 0.2) is 6.79 Å². The first-order chi connectivity index (χ1) is 11.0. The molecule has 5 heteroatoms. The highest BCUT2D eigenvalue weighted by Crippen LogP contribution is 2.35.